The van der Waals surface area contributed by atoms with Gasteiger partial charge in [-0.25, -0.2) is 0 Å². The second-order valence-electron chi connectivity index (χ2n) is 16.7. The van der Waals surface area contributed by atoms with E-state index in [0.29, 0.717) is 23.7 Å². The number of halogens is 2. The van der Waals surface area contributed by atoms with Crippen LogP contribution in [-0.4, -0.2) is 9.52 Å². The first-order valence-corrected chi connectivity index (χ1v) is 29.6. The number of hydrogen-bond acceptors (Lipinski definition) is 0. The van der Waals surface area contributed by atoms with Crippen LogP contribution in [0, 0.1) is 0 Å². The summed E-state index contributed by atoms with van der Waals surface area (Å²) < 4.78 is 0. The molecule has 0 aliphatic heterocycles. The molecule has 0 heterocycles. The van der Waals surface area contributed by atoms with Crippen LogP contribution in [0.1, 0.15) is 101 Å². The maximum atomic E-state index is 4.93. The Hall–Kier alpha value is -3.78. The summed E-state index contributed by atoms with van der Waals surface area (Å²) in [6.07, 6.45) is 0. The molecule has 8 aromatic rings. The van der Waals surface area contributed by atoms with Gasteiger partial charge in [-0.15, -0.1) is 69.1 Å². The molecule has 0 amide bonds. The van der Waals surface area contributed by atoms with Crippen molar-refractivity contribution in [2.75, 3.05) is 0 Å². The van der Waals surface area contributed by atoms with Crippen LogP contribution in [0.25, 0.3) is 66.1 Å². The van der Waals surface area contributed by atoms with Crippen molar-refractivity contribution < 1.29 is 20.8 Å². The van der Waals surface area contributed by atoms with Crippen LogP contribution in [0.3, 0.4) is 0 Å². The van der Waals surface area contributed by atoms with Crippen molar-refractivity contribution in [3.05, 3.63) is 180 Å². The standard InChI is InChI=1S/2C27H27.C2H6Si.2ClH.Zr/c2*1-18(2)22-16-21-14-15-23(19(3)4)27(26(21)17-22)25-13-9-8-12-24(25)20-10-6-5-7-11-20;1-3-2;;;/h2*5-19H,1-4H3;1-2H3;2*1H;/q2*-1;;;;+4/p-2. The molecule has 0 nitrogen and oxygen atoms in total. The topological polar surface area (TPSA) is 0 Å². The molecule has 306 valence electrons. The SMILES string of the molecule is CC(C)c1cc2c(-c3ccccc3-c3ccccc3)c(C(C)C)ccc2[cH-]1.CC(C)c1cc2c(-c3ccccc3-c3ccccc3)c(C(C)C)ccc2[cH-]1.C[Si]C.[Cl][Zr+2][Cl]. The predicted molar refractivity (Wildman–Crippen MR) is 266 cm³/mol. The molecule has 0 saturated heterocycles. The first kappa shape index (κ1) is 47.3. The summed E-state index contributed by atoms with van der Waals surface area (Å²) >= 11 is -0.826. The summed E-state index contributed by atoms with van der Waals surface area (Å²) in [5.74, 6) is 2.03. The fraction of sp³-hybridized carbons (Fsp3) is 0.250. The van der Waals surface area contributed by atoms with Crippen molar-refractivity contribution in [2.45, 2.75) is 92.2 Å². The van der Waals surface area contributed by atoms with Crippen LogP contribution in [-0.2, 0) is 20.8 Å². The van der Waals surface area contributed by atoms with E-state index in [1.54, 1.807) is 0 Å². The normalized spacial score (nSPS) is 10.9. The molecule has 0 fully saturated rings. The summed E-state index contributed by atoms with van der Waals surface area (Å²) in [6, 6.07) is 57.9. The Bertz CT molecular complexity index is 2360. The third-order valence-corrected chi connectivity index (χ3v) is 11.0. The summed E-state index contributed by atoms with van der Waals surface area (Å²) in [5, 5.41) is 5.46. The van der Waals surface area contributed by atoms with Crippen LogP contribution >= 0.6 is 17.0 Å². The first-order valence-electron chi connectivity index (χ1n) is 21.3. The fourth-order valence-corrected chi connectivity index (χ4v) is 8.01. The van der Waals surface area contributed by atoms with Crippen LogP contribution in [0.4, 0.5) is 0 Å². The van der Waals surface area contributed by atoms with Gasteiger partial charge in [0.1, 0.15) is 0 Å². The molecule has 0 N–H and O–H groups in total. The van der Waals surface area contributed by atoms with E-state index >= 15 is 0 Å². The van der Waals surface area contributed by atoms with E-state index in [-0.39, 0.29) is 0 Å². The molecule has 8 rings (SSSR count). The summed E-state index contributed by atoms with van der Waals surface area (Å²) in [4.78, 5) is 0. The second kappa shape index (κ2) is 22.9. The molecule has 2 radical (unpaired) electrons. The third-order valence-electron chi connectivity index (χ3n) is 11.0. The Kier molecular flexibility index (Phi) is 18.0. The molecule has 4 heteroatoms. The Morgan fingerprint density at radius 1 is 0.417 bits per heavy atom. The van der Waals surface area contributed by atoms with Crippen LogP contribution in [0.5, 0.6) is 0 Å². The maximum absolute atomic E-state index is 4.93. The van der Waals surface area contributed by atoms with Crippen molar-refractivity contribution >= 4 is 48.1 Å². The van der Waals surface area contributed by atoms with Gasteiger partial charge in [-0.3, -0.25) is 0 Å². The molecule has 0 spiro atoms. The molecule has 0 aliphatic rings. The van der Waals surface area contributed by atoms with E-state index in [1.165, 1.54) is 88.3 Å². The molecule has 0 unspecified atom stereocenters. The molecule has 0 saturated carbocycles. The van der Waals surface area contributed by atoms with E-state index in [1.807, 2.05) is 0 Å². The molecule has 0 bridgehead atoms. The Balaban J connectivity index is 0.000000201. The zero-order valence-corrected chi connectivity index (χ0v) is 42.0. The van der Waals surface area contributed by atoms with E-state index in [2.05, 4.69) is 226 Å². The molecular formula is C56H60Cl2SiZr. The Morgan fingerprint density at radius 3 is 1.02 bits per heavy atom. The molecule has 8 aromatic carbocycles. The van der Waals surface area contributed by atoms with Gasteiger partial charge in [0.15, 0.2) is 0 Å². The zero-order valence-electron chi connectivity index (χ0n) is 37.1. The molecule has 60 heavy (non-hydrogen) atoms. The van der Waals surface area contributed by atoms with Gasteiger partial charge in [0.2, 0.25) is 0 Å². The zero-order chi connectivity index (χ0) is 43.3. The van der Waals surface area contributed by atoms with Gasteiger partial charge in [0.25, 0.3) is 0 Å². The molecular weight excluding hydrogens is 863 g/mol. The van der Waals surface area contributed by atoms with E-state index in [9.17, 15) is 0 Å². The van der Waals surface area contributed by atoms with Gasteiger partial charge in [0, 0.05) is 9.52 Å². The third kappa shape index (κ3) is 11.4. The molecule has 0 aromatic heterocycles. The average Bonchev–Trinajstić information content (AvgIpc) is 3.90. The fourth-order valence-electron chi connectivity index (χ4n) is 8.01. The van der Waals surface area contributed by atoms with Gasteiger partial charge in [0.05, 0.1) is 0 Å². The van der Waals surface area contributed by atoms with Crippen molar-refractivity contribution in [1.29, 1.82) is 0 Å². The number of benzene rings is 6. The number of fused-ring (bicyclic) bond motifs is 2. The quantitative estimate of drug-likeness (QED) is 0.105. The number of rotatable bonds is 8. The van der Waals surface area contributed by atoms with Crippen LogP contribution in [0.2, 0.25) is 13.1 Å². The Labute approximate surface area is 382 Å². The van der Waals surface area contributed by atoms with Gasteiger partial charge >= 0.3 is 37.9 Å². The van der Waals surface area contributed by atoms with Gasteiger partial charge in [-0.2, -0.15) is 12.1 Å². The van der Waals surface area contributed by atoms with Crippen molar-refractivity contribution in [3.8, 4) is 44.5 Å². The minimum atomic E-state index is -0.826. The van der Waals surface area contributed by atoms with Crippen LogP contribution < -0.4 is 0 Å². The molecule has 0 atom stereocenters. The predicted octanol–water partition coefficient (Wildman–Crippen LogP) is 18.4. The van der Waals surface area contributed by atoms with Crippen molar-refractivity contribution in [2.24, 2.45) is 0 Å². The van der Waals surface area contributed by atoms with Crippen molar-refractivity contribution in [1.82, 2.24) is 0 Å². The molecule has 0 aliphatic carbocycles. The Morgan fingerprint density at radius 2 is 0.717 bits per heavy atom. The second-order valence-corrected chi connectivity index (χ2v) is 21.4. The van der Waals surface area contributed by atoms with E-state index < -0.39 is 20.8 Å². The van der Waals surface area contributed by atoms with Gasteiger partial charge < -0.3 is 0 Å². The van der Waals surface area contributed by atoms with E-state index in [4.69, 9.17) is 17.0 Å². The monoisotopic (exact) mass is 920 g/mol. The van der Waals surface area contributed by atoms with Crippen LogP contribution in [0.15, 0.2) is 158 Å². The van der Waals surface area contributed by atoms with Crippen molar-refractivity contribution in [3.63, 3.8) is 0 Å². The summed E-state index contributed by atoms with van der Waals surface area (Å²) in [5.41, 5.74) is 16.3. The minimum absolute atomic E-state index is 0.477. The first-order chi connectivity index (χ1) is 28.9. The van der Waals surface area contributed by atoms with E-state index in [0.717, 1.165) is 9.52 Å². The average molecular weight is 923 g/mol. The summed E-state index contributed by atoms with van der Waals surface area (Å²) in [6.45, 7) is 22.6. The summed E-state index contributed by atoms with van der Waals surface area (Å²) in [7, 11) is 11.0. The van der Waals surface area contributed by atoms with Gasteiger partial charge in [-0.1, -0.05) is 200 Å². The van der Waals surface area contributed by atoms with Gasteiger partial charge in [-0.05, 0) is 57.1 Å². The number of hydrogen-bond donors (Lipinski definition) is 0.